The minimum atomic E-state index is -1.11. The number of carbonyl (C=O) groups is 2. The lowest BCUT2D eigenvalue weighted by Crippen LogP contribution is -2.50. The molecule has 2 atom stereocenters. The first-order chi connectivity index (χ1) is 12.9. The van der Waals surface area contributed by atoms with E-state index in [0.29, 0.717) is 17.9 Å². The van der Waals surface area contributed by atoms with Gasteiger partial charge in [-0.15, -0.1) is 0 Å². The molecule has 0 aliphatic heterocycles. The molecule has 1 amide bonds. The number of methoxy groups -OCH3 is 2. The fourth-order valence-corrected chi connectivity index (χ4v) is 2.58. The topological polar surface area (TPSA) is 111 Å². The molecule has 0 heterocycles. The van der Waals surface area contributed by atoms with Crippen molar-refractivity contribution in [2.24, 2.45) is 5.73 Å². The van der Waals surface area contributed by atoms with Crippen LogP contribution in [0.2, 0.25) is 0 Å². The van der Waals surface area contributed by atoms with Crippen molar-refractivity contribution in [3.63, 3.8) is 0 Å². The molecule has 0 spiro atoms. The van der Waals surface area contributed by atoms with Gasteiger partial charge in [-0.2, -0.15) is 0 Å². The lowest BCUT2D eigenvalue weighted by molar-refractivity contribution is -0.141. The molecule has 2 rings (SSSR count). The van der Waals surface area contributed by atoms with E-state index in [0.717, 1.165) is 11.1 Å². The van der Waals surface area contributed by atoms with Gasteiger partial charge >= 0.3 is 5.97 Å². The molecule has 0 saturated carbocycles. The Morgan fingerprint density at radius 1 is 0.926 bits per heavy atom. The molecule has 0 saturated heterocycles. The Kier molecular flexibility index (Phi) is 7.19. The van der Waals surface area contributed by atoms with Crippen LogP contribution in [0.15, 0.2) is 48.5 Å². The third-order valence-corrected chi connectivity index (χ3v) is 4.16. The van der Waals surface area contributed by atoms with Crippen LogP contribution in [0.25, 0.3) is 0 Å². The Morgan fingerprint density at radius 2 is 1.37 bits per heavy atom. The van der Waals surface area contributed by atoms with Crippen molar-refractivity contribution >= 4 is 11.9 Å². The highest BCUT2D eigenvalue weighted by molar-refractivity contribution is 5.87. The molecule has 0 aromatic heterocycles. The van der Waals surface area contributed by atoms with Gasteiger partial charge in [0.25, 0.3) is 0 Å². The van der Waals surface area contributed by atoms with Crippen LogP contribution in [0.5, 0.6) is 11.5 Å². The van der Waals surface area contributed by atoms with Crippen molar-refractivity contribution in [2.45, 2.75) is 24.9 Å². The predicted molar refractivity (Wildman–Crippen MR) is 101 cm³/mol. The van der Waals surface area contributed by atoms with Crippen LogP contribution in [0.1, 0.15) is 11.1 Å². The molecule has 4 N–H and O–H groups in total. The van der Waals surface area contributed by atoms with E-state index in [1.165, 1.54) is 0 Å². The van der Waals surface area contributed by atoms with E-state index >= 15 is 0 Å². The Morgan fingerprint density at radius 3 is 1.78 bits per heavy atom. The van der Waals surface area contributed by atoms with Crippen molar-refractivity contribution in [2.75, 3.05) is 14.2 Å². The molecular weight excluding hydrogens is 348 g/mol. The van der Waals surface area contributed by atoms with Gasteiger partial charge in [0, 0.05) is 6.42 Å². The molecule has 2 aromatic rings. The van der Waals surface area contributed by atoms with Crippen molar-refractivity contribution in [1.29, 1.82) is 0 Å². The summed E-state index contributed by atoms with van der Waals surface area (Å²) in [7, 11) is 3.13. The smallest absolute Gasteiger partial charge is 0.326 e. The first-order valence-electron chi connectivity index (χ1n) is 8.47. The second kappa shape index (κ2) is 9.59. The summed E-state index contributed by atoms with van der Waals surface area (Å²) in [6, 6.07) is 12.3. The molecular formula is C20H24N2O5. The van der Waals surface area contributed by atoms with Gasteiger partial charge in [0.05, 0.1) is 20.3 Å². The van der Waals surface area contributed by atoms with Gasteiger partial charge in [0.15, 0.2) is 0 Å². The number of aliphatic carboxylic acids is 1. The maximum Gasteiger partial charge on any atom is 0.326 e. The highest BCUT2D eigenvalue weighted by Crippen LogP contribution is 2.14. The molecule has 27 heavy (non-hydrogen) atoms. The molecule has 7 nitrogen and oxygen atoms in total. The normalized spacial score (nSPS) is 12.7. The second-order valence-corrected chi connectivity index (χ2v) is 6.11. The highest BCUT2D eigenvalue weighted by Gasteiger charge is 2.23. The van der Waals surface area contributed by atoms with Crippen LogP contribution in [-0.2, 0) is 22.4 Å². The fourth-order valence-electron chi connectivity index (χ4n) is 2.58. The van der Waals surface area contributed by atoms with Gasteiger partial charge in [-0.1, -0.05) is 24.3 Å². The minimum absolute atomic E-state index is 0.153. The monoisotopic (exact) mass is 372 g/mol. The van der Waals surface area contributed by atoms with Crippen LogP contribution < -0.4 is 20.5 Å². The average Bonchev–Trinajstić information content (AvgIpc) is 2.68. The molecule has 144 valence electrons. The zero-order chi connectivity index (χ0) is 19.8. The van der Waals surface area contributed by atoms with Crippen molar-refractivity contribution in [1.82, 2.24) is 5.32 Å². The summed E-state index contributed by atoms with van der Waals surface area (Å²) >= 11 is 0. The van der Waals surface area contributed by atoms with E-state index in [2.05, 4.69) is 5.32 Å². The minimum Gasteiger partial charge on any atom is -0.497 e. The standard InChI is InChI=1S/C20H24N2O5/c1-26-15-7-3-13(4-8-15)11-17(21)19(23)22-18(20(24)25)12-14-5-9-16(27-2)10-6-14/h3-10,17-18H,11-12,21H2,1-2H3,(H,22,23)(H,24,25)/t17-,18+/m0/s1. The number of carboxylic acid groups (broad SMARTS) is 1. The summed E-state index contributed by atoms with van der Waals surface area (Å²) in [6.45, 7) is 0. The number of nitrogens with two attached hydrogens (primary N) is 1. The number of carbonyl (C=O) groups excluding carboxylic acids is 1. The number of rotatable bonds is 9. The van der Waals surface area contributed by atoms with E-state index in [1.807, 2.05) is 12.1 Å². The number of carboxylic acids is 1. The molecule has 0 aliphatic rings. The van der Waals surface area contributed by atoms with Crippen molar-refractivity contribution in [3.8, 4) is 11.5 Å². The van der Waals surface area contributed by atoms with Gasteiger partial charge in [0.1, 0.15) is 17.5 Å². The molecule has 0 aliphatic carbocycles. The summed E-state index contributed by atoms with van der Waals surface area (Å²) < 4.78 is 10.2. The van der Waals surface area contributed by atoms with Crippen molar-refractivity contribution < 1.29 is 24.2 Å². The summed E-state index contributed by atoms with van der Waals surface area (Å²) in [5.41, 5.74) is 7.58. The Hall–Kier alpha value is -3.06. The molecule has 0 radical (unpaired) electrons. The van der Waals surface area contributed by atoms with Crippen LogP contribution in [0.4, 0.5) is 0 Å². The summed E-state index contributed by atoms with van der Waals surface area (Å²) in [5, 5.41) is 11.9. The maximum atomic E-state index is 12.3. The number of hydrogen-bond donors (Lipinski definition) is 3. The lowest BCUT2D eigenvalue weighted by atomic mass is 10.0. The van der Waals surface area contributed by atoms with E-state index in [1.54, 1.807) is 50.6 Å². The lowest BCUT2D eigenvalue weighted by Gasteiger charge is -2.18. The number of ether oxygens (including phenoxy) is 2. The van der Waals surface area contributed by atoms with Crippen LogP contribution >= 0.6 is 0 Å². The summed E-state index contributed by atoms with van der Waals surface area (Å²) in [5.74, 6) is -0.235. The van der Waals surface area contributed by atoms with E-state index in [9.17, 15) is 14.7 Å². The van der Waals surface area contributed by atoms with Gasteiger partial charge in [-0.3, -0.25) is 4.79 Å². The third kappa shape index (κ3) is 6.00. The van der Waals surface area contributed by atoms with Gasteiger partial charge in [0.2, 0.25) is 5.91 Å². The first kappa shape index (κ1) is 20.3. The fraction of sp³-hybridized carbons (Fsp3) is 0.300. The molecule has 0 unspecified atom stereocenters. The Labute approximate surface area is 158 Å². The second-order valence-electron chi connectivity index (χ2n) is 6.11. The molecule has 0 fully saturated rings. The largest absolute Gasteiger partial charge is 0.497 e. The summed E-state index contributed by atoms with van der Waals surface area (Å²) in [4.78, 5) is 23.9. The quantitative estimate of drug-likeness (QED) is 0.613. The van der Waals surface area contributed by atoms with Gasteiger partial charge in [-0.25, -0.2) is 4.79 Å². The highest BCUT2D eigenvalue weighted by atomic mass is 16.5. The van der Waals surface area contributed by atoms with Crippen LogP contribution in [0.3, 0.4) is 0 Å². The number of nitrogens with one attached hydrogen (secondary N) is 1. The number of benzene rings is 2. The Bertz CT molecular complexity index is 759. The average molecular weight is 372 g/mol. The molecule has 7 heteroatoms. The number of amides is 1. The molecule has 0 bridgehead atoms. The Balaban J connectivity index is 1.96. The summed E-state index contributed by atoms with van der Waals surface area (Å²) in [6.07, 6.45) is 0.449. The zero-order valence-electron chi connectivity index (χ0n) is 15.3. The molecule has 2 aromatic carbocycles. The van der Waals surface area contributed by atoms with E-state index in [4.69, 9.17) is 15.2 Å². The maximum absolute atomic E-state index is 12.3. The SMILES string of the molecule is COc1ccc(C[C@H](N)C(=O)N[C@H](Cc2ccc(OC)cc2)C(=O)O)cc1. The van der Waals surface area contributed by atoms with Crippen LogP contribution in [-0.4, -0.2) is 43.3 Å². The van der Waals surface area contributed by atoms with Crippen molar-refractivity contribution in [3.05, 3.63) is 59.7 Å². The van der Waals surface area contributed by atoms with Crippen LogP contribution in [0, 0.1) is 0 Å². The zero-order valence-corrected chi connectivity index (χ0v) is 15.3. The van der Waals surface area contributed by atoms with E-state index in [-0.39, 0.29) is 6.42 Å². The number of hydrogen-bond acceptors (Lipinski definition) is 5. The van der Waals surface area contributed by atoms with E-state index < -0.39 is 24.0 Å². The van der Waals surface area contributed by atoms with Gasteiger partial charge < -0.3 is 25.6 Å². The first-order valence-corrected chi connectivity index (χ1v) is 8.47. The predicted octanol–water partition coefficient (Wildman–Crippen LogP) is 1.39. The van der Waals surface area contributed by atoms with Gasteiger partial charge in [-0.05, 0) is 41.8 Å². The third-order valence-electron chi connectivity index (χ3n) is 4.16.